The van der Waals surface area contributed by atoms with Gasteiger partial charge in [-0.15, -0.1) is 0 Å². The van der Waals surface area contributed by atoms with Crippen LogP contribution in [-0.2, 0) is 4.79 Å². The fraction of sp³-hybridized carbons (Fsp3) is 0.960. The molecule has 4 unspecified atom stereocenters. The second-order valence-corrected chi connectivity index (χ2v) is 11.5. The molecule has 0 bridgehead atoms. The number of Topliss-reactive ketones (excluding diaryl/α,β-unsaturated/α-hetero) is 1. The fourth-order valence-electron chi connectivity index (χ4n) is 8.78. The van der Waals surface area contributed by atoms with Gasteiger partial charge in [0.05, 0.1) is 0 Å². The van der Waals surface area contributed by atoms with Gasteiger partial charge in [0.2, 0.25) is 0 Å². The quantitative estimate of drug-likeness (QED) is 0.536. The monoisotopic (exact) mass is 358 g/mol. The first-order valence-electron chi connectivity index (χ1n) is 11.8. The number of carbonyl (C=O) groups excluding carboxylic acids is 1. The van der Waals surface area contributed by atoms with Gasteiger partial charge in [-0.05, 0) is 84.9 Å². The zero-order valence-corrected chi connectivity index (χ0v) is 18.0. The van der Waals surface area contributed by atoms with Crippen molar-refractivity contribution in [1.82, 2.24) is 0 Å². The summed E-state index contributed by atoms with van der Waals surface area (Å²) in [6.45, 7) is 12.4. The molecule has 4 fully saturated rings. The van der Waals surface area contributed by atoms with E-state index in [-0.39, 0.29) is 0 Å². The Morgan fingerprint density at radius 1 is 1.04 bits per heavy atom. The number of rotatable bonds is 3. The van der Waals surface area contributed by atoms with E-state index >= 15 is 0 Å². The van der Waals surface area contributed by atoms with Crippen LogP contribution in [0, 0.1) is 52.3 Å². The molecule has 0 aromatic carbocycles. The van der Waals surface area contributed by atoms with Gasteiger partial charge in [0.15, 0.2) is 0 Å². The van der Waals surface area contributed by atoms with E-state index in [9.17, 15) is 4.79 Å². The maximum Gasteiger partial charge on any atom is 0.136 e. The number of hydrogen-bond acceptors (Lipinski definition) is 1. The lowest BCUT2D eigenvalue weighted by Crippen LogP contribution is -2.57. The molecule has 0 amide bonds. The van der Waals surface area contributed by atoms with Crippen molar-refractivity contribution in [1.29, 1.82) is 0 Å². The first kappa shape index (κ1) is 19.0. The highest BCUT2D eigenvalue weighted by Gasteiger charge is 2.62. The minimum absolute atomic E-state index is 0.405. The summed E-state index contributed by atoms with van der Waals surface area (Å²) in [6, 6.07) is 0. The van der Waals surface area contributed by atoms with Gasteiger partial charge in [-0.2, -0.15) is 0 Å². The predicted molar refractivity (Wildman–Crippen MR) is 109 cm³/mol. The second kappa shape index (κ2) is 6.63. The molecule has 0 saturated heterocycles. The van der Waals surface area contributed by atoms with Crippen LogP contribution in [0.5, 0.6) is 0 Å². The molecule has 0 aromatic heterocycles. The van der Waals surface area contributed by atoms with Crippen LogP contribution in [0.25, 0.3) is 0 Å². The SMILES string of the molecule is CCC[C@@H](C)C1CCC2C3C(=O)C[C@@H]4C[C@H](C)CC[C@]4(C)C3CC[C@@]21C. The molecule has 148 valence electrons. The van der Waals surface area contributed by atoms with Crippen molar-refractivity contribution in [3.05, 3.63) is 0 Å². The van der Waals surface area contributed by atoms with E-state index in [1.807, 2.05) is 0 Å². The Labute approximate surface area is 162 Å². The summed E-state index contributed by atoms with van der Waals surface area (Å²) in [6.07, 6.45) is 13.1. The third-order valence-corrected chi connectivity index (χ3v) is 10.2. The van der Waals surface area contributed by atoms with Crippen LogP contribution in [0.15, 0.2) is 0 Å². The van der Waals surface area contributed by atoms with Gasteiger partial charge >= 0.3 is 0 Å². The highest BCUT2D eigenvalue weighted by Crippen LogP contribution is 2.67. The van der Waals surface area contributed by atoms with Crippen molar-refractivity contribution in [2.24, 2.45) is 52.3 Å². The van der Waals surface area contributed by atoms with E-state index in [1.165, 1.54) is 57.8 Å². The molecular formula is C25H42O. The summed E-state index contributed by atoms with van der Waals surface area (Å²) in [5.74, 6) is 5.67. The summed E-state index contributed by atoms with van der Waals surface area (Å²) in [7, 11) is 0. The Kier molecular flexibility index (Phi) is 4.84. The molecule has 4 aliphatic rings. The molecule has 0 spiro atoms. The van der Waals surface area contributed by atoms with Gasteiger partial charge in [0, 0.05) is 12.3 Å². The fourth-order valence-corrected chi connectivity index (χ4v) is 8.78. The Balaban J connectivity index is 1.62. The van der Waals surface area contributed by atoms with Crippen LogP contribution >= 0.6 is 0 Å². The van der Waals surface area contributed by atoms with Crippen LogP contribution in [-0.4, -0.2) is 5.78 Å². The summed E-state index contributed by atoms with van der Waals surface area (Å²) in [5, 5.41) is 0. The Morgan fingerprint density at radius 3 is 2.46 bits per heavy atom. The van der Waals surface area contributed by atoms with Gasteiger partial charge in [-0.1, -0.05) is 53.9 Å². The van der Waals surface area contributed by atoms with Gasteiger partial charge in [-0.25, -0.2) is 0 Å². The molecule has 9 atom stereocenters. The summed E-state index contributed by atoms with van der Waals surface area (Å²) in [4.78, 5) is 13.4. The Morgan fingerprint density at radius 2 is 1.73 bits per heavy atom. The topological polar surface area (TPSA) is 17.1 Å². The normalized spacial score (nSPS) is 52.1. The van der Waals surface area contributed by atoms with E-state index in [1.54, 1.807) is 0 Å². The highest BCUT2D eigenvalue weighted by molar-refractivity contribution is 5.83. The average molecular weight is 359 g/mol. The minimum atomic E-state index is 0.405. The standard InChI is InChI=1S/C25H42O/c1-6-7-17(3)19-8-9-20-23-21(11-13-25(19,20)5)24(4)12-10-16(2)14-18(24)15-22(23)26/h16-21,23H,6-15H2,1-5H3/t16-,17-,18+,19?,20?,21?,23?,24+,25-/m1/s1. The lowest BCUT2D eigenvalue weighted by Gasteiger charge is -2.60. The van der Waals surface area contributed by atoms with E-state index in [2.05, 4.69) is 34.6 Å². The number of hydrogen-bond donors (Lipinski definition) is 0. The smallest absolute Gasteiger partial charge is 0.136 e. The number of ketones is 1. The van der Waals surface area contributed by atoms with E-state index in [4.69, 9.17) is 0 Å². The maximum absolute atomic E-state index is 13.4. The maximum atomic E-state index is 13.4. The van der Waals surface area contributed by atoms with Crippen LogP contribution < -0.4 is 0 Å². The molecule has 0 heterocycles. The first-order valence-corrected chi connectivity index (χ1v) is 11.8. The van der Waals surface area contributed by atoms with E-state index < -0.39 is 0 Å². The van der Waals surface area contributed by atoms with Crippen LogP contribution in [0.2, 0.25) is 0 Å². The zero-order valence-electron chi connectivity index (χ0n) is 18.0. The minimum Gasteiger partial charge on any atom is -0.299 e. The molecule has 0 radical (unpaired) electrons. The van der Waals surface area contributed by atoms with Gasteiger partial charge < -0.3 is 0 Å². The molecule has 26 heavy (non-hydrogen) atoms. The second-order valence-electron chi connectivity index (χ2n) is 11.5. The van der Waals surface area contributed by atoms with Crippen molar-refractivity contribution in [2.75, 3.05) is 0 Å². The zero-order chi connectivity index (χ0) is 18.7. The molecular weight excluding hydrogens is 316 g/mol. The van der Waals surface area contributed by atoms with Crippen LogP contribution in [0.1, 0.15) is 98.8 Å². The van der Waals surface area contributed by atoms with Crippen LogP contribution in [0.4, 0.5) is 0 Å². The van der Waals surface area contributed by atoms with Crippen molar-refractivity contribution < 1.29 is 4.79 Å². The largest absolute Gasteiger partial charge is 0.299 e. The molecule has 4 rings (SSSR count). The Bertz CT molecular complexity index is 552. The molecule has 1 nitrogen and oxygen atoms in total. The van der Waals surface area contributed by atoms with Crippen molar-refractivity contribution in [3.8, 4) is 0 Å². The van der Waals surface area contributed by atoms with Crippen molar-refractivity contribution >= 4 is 5.78 Å². The highest BCUT2D eigenvalue weighted by atomic mass is 16.1. The summed E-state index contributed by atoms with van der Waals surface area (Å²) in [5.41, 5.74) is 0.899. The molecule has 0 aromatic rings. The van der Waals surface area contributed by atoms with Crippen molar-refractivity contribution in [2.45, 2.75) is 98.8 Å². The molecule has 0 N–H and O–H groups in total. The van der Waals surface area contributed by atoms with Gasteiger partial charge in [0.25, 0.3) is 0 Å². The van der Waals surface area contributed by atoms with Crippen molar-refractivity contribution in [3.63, 3.8) is 0 Å². The average Bonchev–Trinajstić information content (AvgIpc) is 2.94. The van der Waals surface area contributed by atoms with Gasteiger partial charge in [-0.3, -0.25) is 4.79 Å². The van der Waals surface area contributed by atoms with Crippen LogP contribution in [0.3, 0.4) is 0 Å². The molecule has 4 aliphatic carbocycles. The number of fused-ring (bicyclic) bond motifs is 5. The lowest BCUT2D eigenvalue weighted by molar-refractivity contribution is -0.158. The third-order valence-electron chi connectivity index (χ3n) is 10.2. The first-order chi connectivity index (χ1) is 12.3. The lowest BCUT2D eigenvalue weighted by atomic mass is 9.43. The van der Waals surface area contributed by atoms with Gasteiger partial charge in [0.1, 0.15) is 5.78 Å². The number of carbonyl (C=O) groups is 1. The third kappa shape index (κ3) is 2.66. The predicted octanol–water partition coefficient (Wildman–Crippen LogP) is 6.90. The molecule has 0 aliphatic heterocycles. The summed E-state index contributed by atoms with van der Waals surface area (Å²) >= 11 is 0. The van der Waals surface area contributed by atoms with E-state index in [0.29, 0.717) is 40.3 Å². The van der Waals surface area contributed by atoms with E-state index in [0.717, 1.165) is 24.2 Å². The molecule has 4 saturated carbocycles. The Hall–Kier alpha value is -0.330. The molecule has 1 heteroatoms. The summed E-state index contributed by atoms with van der Waals surface area (Å²) < 4.78 is 0.